The summed E-state index contributed by atoms with van der Waals surface area (Å²) in [6.45, 7) is 3.95. The molecule has 1 aromatic carbocycles. The molecule has 2 N–H and O–H groups in total. The number of benzene rings is 1. The third-order valence-corrected chi connectivity index (χ3v) is 3.95. The third kappa shape index (κ3) is 3.00. The van der Waals surface area contributed by atoms with Crippen LogP contribution in [-0.4, -0.2) is 15.0 Å². The summed E-state index contributed by atoms with van der Waals surface area (Å²) in [6.07, 6.45) is 1.49. The van der Waals surface area contributed by atoms with Crippen molar-refractivity contribution in [3.8, 4) is 22.2 Å². The first kappa shape index (κ1) is 13.5. The Morgan fingerprint density at radius 2 is 2.00 bits per heavy atom. The molecule has 0 saturated carbocycles. The van der Waals surface area contributed by atoms with E-state index in [1.54, 1.807) is 17.4 Å². The number of aromatic nitrogens is 3. The van der Waals surface area contributed by atoms with E-state index in [9.17, 15) is 0 Å². The van der Waals surface area contributed by atoms with Crippen LogP contribution >= 0.6 is 11.3 Å². The molecule has 0 atom stereocenters. The molecule has 0 saturated heterocycles. The van der Waals surface area contributed by atoms with Crippen molar-refractivity contribution in [2.24, 2.45) is 0 Å². The number of nitrogens with zero attached hydrogens (tertiary/aromatic N) is 3. The molecule has 0 spiro atoms. The summed E-state index contributed by atoms with van der Waals surface area (Å²) in [7, 11) is 0. The summed E-state index contributed by atoms with van der Waals surface area (Å²) < 4.78 is 5.72. The Balaban J connectivity index is 1.92. The van der Waals surface area contributed by atoms with Crippen molar-refractivity contribution in [3.63, 3.8) is 0 Å². The van der Waals surface area contributed by atoms with Crippen molar-refractivity contribution < 1.29 is 4.74 Å². The van der Waals surface area contributed by atoms with Gasteiger partial charge in [0.1, 0.15) is 12.1 Å². The summed E-state index contributed by atoms with van der Waals surface area (Å²) >= 11 is 1.61. The minimum absolute atomic E-state index is 0.482. The Morgan fingerprint density at radius 1 is 1.14 bits per heavy atom. The van der Waals surface area contributed by atoms with Crippen molar-refractivity contribution in [1.29, 1.82) is 0 Å². The van der Waals surface area contributed by atoms with Gasteiger partial charge < -0.3 is 10.5 Å². The van der Waals surface area contributed by atoms with Gasteiger partial charge in [0, 0.05) is 17.8 Å². The lowest BCUT2D eigenvalue weighted by atomic mass is 10.3. The van der Waals surface area contributed by atoms with Gasteiger partial charge in [0.05, 0.1) is 21.3 Å². The lowest BCUT2D eigenvalue weighted by Gasteiger charge is -2.06. The van der Waals surface area contributed by atoms with Crippen LogP contribution in [0.25, 0.3) is 10.6 Å². The predicted molar refractivity (Wildman–Crippen MR) is 83.5 cm³/mol. The Morgan fingerprint density at radius 3 is 2.71 bits per heavy atom. The van der Waals surface area contributed by atoms with Gasteiger partial charge in [0.2, 0.25) is 5.88 Å². The molecule has 3 rings (SSSR count). The molecule has 0 radical (unpaired) electrons. The maximum Gasteiger partial charge on any atom is 0.222 e. The van der Waals surface area contributed by atoms with E-state index in [-0.39, 0.29) is 0 Å². The summed E-state index contributed by atoms with van der Waals surface area (Å²) in [5.74, 6) is 1.13. The van der Waals surface area contributed by atoms with Crippen molar-refractivity contribution in [3.05, 3.63) is 47.4 Å². The van der Waals surface area contributed by atoms with Crippen molar-refractivity contribution in [2.75, 3.05) is 5.73 Å². The molecule has 2 aromatic heterocycles. The van der Waals surface area contributed by atoms with Crippen LogP contribution in [0.2, 0.25) is 0 Å². The summed E-state index contributed by atoms with van der Waals surface area (Å²) in [4.78, 5) is 13.9. The first-order valence-electron chi connectivity index (χ1n) is 6.41. The van der Waals surface area contributed by atoms with Crippen LogP contribution in [0.3, 0.4) is 0 Å². The fourth-order valence-electron chi connectivity index (χ4n) is 1.99. The van der Waals surface area contributed by atoms with Crippen molar-refractivity contribution >= 4 is 17.0 Å². The van der Waals surface area contributed by atoms with Gasteiger partial charge in [-0.15, -0.1) is 11.3 Å². The fourth-order valence-corrected chi connectivity index (χ4v) is 2.87. The maximum atomic E-state index is 5.74. The molecule has 5 nitrogen and oxygen atoms in total. The number of aryl methyl sites for hydroxylation is 2. The van der Waals surface area contributed by atoms with E-state index in [0.29, 0.717) is 17.3 Å². The van der Waals surface area contributed by atoms with E-state index >= 15 is 0 Å². The predicted octanol–water partition coefficient (Wildman–Crippen LogP) is 3.59. The van der Waals surface area contributed by atoms with Gasteiger partial charge >= 0.3 is 0 Å². The van der Waals surface area contributed by atoms with Gasteiger partial charge in [-0.3, -0.25) is 0 Å². The summed E-state index contributed by atoms with van der Waals surface area (Å²) in [5.41, 5.74) is 8.16. The topological polar surface area (TPSA) is 73.9 Å². The molecule has 21 heavy (non-hydrogen) atoms. The van der Waals surface area contributed by atoms with E-state index in [2.05, 4.69) is 15.0 Å². The van der Waals surface area contributed by atoms with Crippen LogP contribution in [0.15, 0.2) is 36.7 Å². The highest BCUT2D eigenvalue weighted by Crippen LogP contribution is 2.30. The minimum atomic E-state index is 0.482. The van der Waals surface area contributed by atoms with Gasteiger partial charge in [0.25, 0.3) is 0 Å². The molecule has 6 heteroatoms. The van der Waals surface area contributed by atoms with Crippen LogP contribution in [0, 0.1) is 13.8 Å². The molecule has 2 heterocycles. The van der Waals surface area contributed by atoms with Crippen LogP contribution in [0.4, 0.5) is 5.69 Å². The number of thiazole rings is 1. The molecule has 106 valence electrons. The third-order valence-electron chi connectivity index (χ3n) is 2.86. The second-order valence-electron chi connectivity index (χ2n) is 4.56. The van der Waals surface area contributed by atoms with Gasteiger partial charge in [0.15, 0.2) is 0 Å². The number of rotatable bonds is 3. The fraction of sp³-hybridized carbons (Fsp3) is 0.133. The van der Waals surface area contributed by atoms with Gasteiger partial charge in [-0.25, -0.2) is 15.0 Å². The highest BCUT2D eigenvalue weighted by molar-refractivity contribution is 7.15. The Bertz CT molecular complexity index is 785. The first-order valence-corrected chi connectivity index (χ1v) is 7.23. The molecule has 0 amide bonds. The first-order chi connectivity index (χ1) is 10.1. The molecular weight excluding hydrogens is 284 g/mol. The lowest BCUT2D eigenvalue weighted by Crippen LogP contribution is -1.92. The standard InChI is InChI=1S/C15H14N4OS/c1-9-15(21-10(2)19-9)13-7-14(18-8-17-13)20-12-5-3-4-11(16)6-12/h3-8H,16H2,1-2H3. The molecule has 0 unspecified atom stereocenters. The Hall–Kier alpha value is -2.47. The average Bonchev–Trinajstić information content (AvgIpc) is 2.78. The van der Waals surface area contributed by atoms with E-state index in [4.69, 9.17) is 10.5 Å². The number of hydrogen-bond donors (Lipinski definition) is 1. The van der Waals surface area contributed by atoms with Crippen LogP contribution in [0.5, 0.6) is 11.6 Å². The zero-order valence-corrected chi connectivity index (χ0v) is 12.5. The normalized spacial score (nSPS) is 10.6. The van der Waals surface area contributed by atoms with E-state index in [1.165, 1.54) is 6.33 Å². The number of ether oxygens (including phenoxy) is 1. The second kappa shape index (κ2) is 5.49. The molecular formula is C15H14N4OS. The van der Waals surface area contributed by atoms with Gasteiger partial charge in [-0.05, 0) is 26.0 Å². The molecule has 3 aromatic rings. The SMILES string of the molecule is Cc1nc(C)c(-c2cc(Oc3cccc(N)c3)ncn2)s1. The molecule has 0 aliphatic rings. The molecule has 0 aliphatic heterocycles. The summed E-state index contributed by atoms with van der Waals surface area (Å²) in [5, 5.41) is 1.01. The molecule has 0 fully saturated rings. The zero-order chi connectivity index (χ0) is 14.8. The van der Waals surface area contributed by atoms with E-state index in [0.717, 1.165) is 21.3 Å². The van der Waals surface area contributed by atoms with E-state index < -0.39 is 0 Å². The van der Waals surface area contributed by atoms with Crippen molar-refractivity contribution in [1.82, 2.24) is 15.0 Å². The zero-order valence-electron chi connectivity index (χ0n) is 11.7. The number of nitrogen functional groups attached to an aromatic ring is 1. The number of nitrogens with two attached hydrogens (primary N) is 1. The molecule has 0 aliphatic carbocycles. The molecule has 0 bridgehead atoms. The number of hydrogen-bond acceptors (Lipinski definition) is 6. The highest BCUT2D eigenvalue weighted by atomic mass is 32.1. The monoisotopic (exact) mass is 298 g/mol. The lowest BCUT2D eigenvalue weighted by molar-refractivity contribution is 0.462. The average molecular weight is 298 g/mol. The van der Waals surface area contributed by atoms with Crippen LogP contribution < -0.4 is 10.5 Å². The van der Waals surface area contributed by atoms with Crippen LogP contribution in [-0.2, 0) is 0 Å². The largest absolute Gasteiger partial charge is 0.439 e. The Kier molecular flexibility index (Phi) is 3.53. The van der Waals surface area contributed by atoms with E-state index in [1.807, 2.05) is 38.1 Å². The quantitative estimate of drug-likeness (QED) is 0.748. The van der Waals surface area contributed by atoms with Crippen LogP contribution in [0.1, 0.15) is 10.7 Å². The Labute approximate surface area is 126 Å². The van der Waals surface area contributed by atoms with Crippen molar-refractivity contribution in [2.45, 2.75) is 13.8 Å². The van der Waals surface area contributed by atoms with Gasteiger partial charge in [-0.1, -0.05) is 6.07 Å². The minimum Gasteiger partial charge on any atom is -0.439 e. The smallest absolute Gasteiger partial charge is 0.222 e. The second-order valence-corrected chi connectivity index (χ2v) is 5.77. The maximum absolute atomic E-state index is 5.74. The van der Waals surface area contributed by atoms with Gasteiger partial charge in [-0.2, -0.15) is 0 Å². The summed E-state index contributed by atoms with van der Waals surface area (Å²) in [6, 6.07) is 9.04. The highest BCUT2D eigenvalue weighted by Gasteiger charge is 2.10. The number of anilines is 1.